The highest BCUT2D eigenvalue weighted by Crippen LogP contribution is 2.34. The Kier molecular flexibility index (Phi) is 4.98. The van der Waals surface area contributed by atoms with E-state index in [4.69, 9.17) is 4.74 Å². The molecule has 2 heterocycles. The molecule has 1 aromatic carbocycles. The number of benzene rings is 1. The lowest BCUT2D eigenvalue weighted by atomic mass is 10.2. The summed E-state index contributed by atoms with van der Waals surface area (Å²) in [6.07, 6.45) is 9.60. The van der Waals surface area contributed by atoms with E-state index in [9.17, 15) is 4.79 Å². The molecular formula is C21H24N2O2S. The Morgan fingerprint density at radius 2 is 2.08 bits per heavy atom. The van der Waals surface area contributed by atoms with E-state index in [-0.39, 0.29) is 5.91 Å². The summed E-state index contributed by atoms with van der Waals surface area (Å²) in [6, 6.07) is 10.5. The van der Waals surface area contributed by atoms with Crippen molar-refractivity contribution < 1.29 is 9.53 Å². The molecule has 136 valence electrons. The Labute approximate surface area is 157 Å². The second-order valence-corrected chi connectivity index (χ2v) is 7.88. The van der Waals surface area contributed by atoms with Crippen LogP contribution >= 0.6 is 11.3 Å². The second-order valence-electron chi connectivity index (χ2n) is 6.80. The topological polar surface area (TPSA) is 43.3 Å². The Morgan fingerprint density at radius 3 is 2.85 bits per heavy atom. The molecule has 0 saturated heterocycles. The molecule has 0 bridgehead atoms. The van der Waals surface area contributed by atoms with Crippen molar-refractivity contribution in [3.05, 3.63) is 53.2 Å². The number of hydrogen-bond acceptors (Lipinski definition) is 3. The van der Waals surface area contributed by atoms with Crippen LogP contribution in [0, 0.1) is 0 Å². The number of nitrogens with one attached hydrogen (secondary N) is 1. The van der Waals surface area contributed by atoms with Gasteiger partial charge in [0.2, 0.25) is 0 Å². The summed E-state index contributed by atoms with van der Waals surface area (Å²) in [5.41, 5.74) is 0.998. The molecule has 1 aliphatic rings. The zero-order valence-electron chi connectivity index (χ0n) is 15.0. The first-order chi connectivity index (χ1) is 12.7. The maximum Gasteiger partial charge on any atom is 0.261 e. The maximum absolute atomic E-state index is 12.5. The minimum absolute atomic E-state index is 0.0232. The molecule has 4 nitrogen and oxygen atoms in total. The summed E-state index contributed by atoms with van der Waals surface area (Å²) in [7, 11) is 0. The summed E-state index contributed by atoms with van der Waals surface area (Å²) in [5, 5.41) is 4.19. The number of ether oxygens (including phenoxy) is 1. The number of thiophene rings is 1. The maximum atomic E-state index is 12.5. The third-order valence-corrected chi connectivity index (χ3v) is 6.11. The summed E-state index contributed by atoms with van der Waals surface area (Å²) >= 11 is 1.57. The van der Waals surface area contributed by atoms with E-state index in [1.807, 2.05) is 37.3 Å². The Bertz CT molecular complexity index is 874. The minimum Gasteiger partial charge on any atom is -0.494 e. The average molecular weight is 369 g/mol. The quantitative estimate of drug-likeness (QED) is 0.654. The van der Waals surface area contributed by atoms with Gasteiger partial charge in [0.25, 0.3) is 5.91 Å². The zero-order chi connectivity index (χ0) is 17.9. The zero-order valence-corrected chi connectivity index (χ0v) is 15.8. The van der Waals surface area contributed by atoms with E-state index in [0.29, 0.717) is 19.2 Å². The summed E-state index contributed by atoms with van der Waals surface area (Å²) in [6.45, 7) is 3.05. The van der Waals surface area contributed by atoms with Gasteiger partial charge in [-0.3, -0.25) is 4.79 Å². The lowest BCUT2D eigenvalue weighted by Gasteiger charge is -2.11. The van der Waals surface area contributed by atoms with Gasteiger partial charge < -0.3 is 14.6 Å². The molecule has 1 saturated carbocycles. The predicted molar refractivity (Wildman–Crippen MR) is 106 cm³/mol. The fourth-order valence-electron chi connectivity index (χ4n) is 3.69. The van der Waals surface area contributed by atoms with Crippen molar-refractivity contribution >= 4 is 27.3 Å². The molecular weight excluding hydrogens is 344 g/mol. The van der Waals surface area contributed by atoms with Gasteiger partial charge in [0.1, 0.15) is 5.75 Å². The van der Waals surface area contributed by atoms with Gasteiger partial charge in [-0.15, -0.1) is 11.3 Å². The third-order valence-electron chi connectivity index (χ3n) is 5.03. The smallest absolute Gasteiger partial charge is 0.261 e. The number of amides is 1. The second kappa shape index (κ2) is 7.54. The Hall–Kier alpha value is -2.27. The largest absolute Gasteiger partial charge is 0.494 e. The number of hydrogen-bond donors (Lipinski definition) is 1. The van der Waals surface area contributed by atoms with Gasteiger partial charge in [0, 0.05) is 35.9 Å². The molecule has 0 atom stereocenters. The van der Waals surface area contributed by atoms with E-state index in [1.54, 1.807) is 11.3 Å². The van der Waals surface area contributed by atoms with Crippen LogP contribution < -0.4 is 10.1 Å². The molecule has 1 N–H and O–H groups in total. The molecule has 2 aromatic heterocycles. The van der Waals surface area contributed by atoms with Crippen LogP contribution in [0.2, 0.25) is 0 Å². The molecule has 5 heteroatoms. The van der Waals surface area contributed by atoms with Crippen molar-refractivity contribution in [3.63, 3.8) is 0 Å². The fraction of sp³-hybridized carbons (Fsp3) is 0.381. The van der Waals surface area contributed by atoms with Crippen molar-refractivity contribution in [1.82, 2.24) is 9.88 Å². The van der Waals surface area contributed by atoms with E-state index in [1.165, 1.54) is 35.8 Å². The number of para-hydroxylation sites is 1. The molecule has 1 fully saturated rings. The molecule has 4 rings (SSSR count). The first-order valence-electron chi connectivity index (χ1n) is 9.34. The molecule has 1 amide bonds. The van der Waals surface area contributed by atoms with Gasteiger partial charge in [-0.25, -0.2) is 0 Å². The number of nitrogens with zero attached hydrogens (tertiary/aromatic N) is 1. The van der Waals surface area contributed by atoms with Crippen LogP contribution in [0.15, 0.2) is 42.7 Å². The highest BCUT2D eigenvalue weighted by Gasteiger charge is 2.18. The molecule has 0 radical (unpaired) electrons. The van der Waals surface area contributed by atoms with E-state index < -0.39 is 0 Å². The van der Waals surface area contributed by atoms with Crippen molar-refractivity contribution in [2.45, 2.75) is 45.2 Å². The Balaban J connectivity index is 1.44. The highest BCUT2D eigenvalue weighted by molar-refractivity contribution is 7.20. The number of rotatable bonds is 6. The van der Waals surface area contributed by atoms with Gasteiger partial charge in [0.05, 0.1) is 16.2 Å². The summed E-state index contributed by atoms with van der Waals surface area (Å²) in [5.74, 6) is 0.808. The molecule has 0 unspecified atom stereocenters. The number of carbonyl (C=O) groups excluding carboxylic acids is 1. The monoisotopic (exact) mass is 368 g/mol. The molecule has 3 aromatic rings. The van der Waals surface area contributed by atoms with Crippen LogP contribution in [0.4, 0.5) is 0 Å². The van der Waals surface area contributed by atoms with Crippen LogP contribution in [0.25, 0.3) is 10.1 Å². The van der Waals surface area contributed by atoms with Gasteiger partial charge >= 0.3 is 0 Å². The molecule has 26 heavy (non-hydrogen) atoms. The van der Waals surface area contributed by atoms with Crippen LogP contribution in [-0.4, -0.2) is 17.1 Å². The first-order valence-corrected chi connectivity index (χ1v) is 10.2. The lowest BCUT2D eigenvalue weighted by Crippen LogP contribution is -2.22. The van der Waals surface area contributed by atoms with E-state index in [0.717, 1.165) is 16.2 Å². The minimum atomic E-state index is -0.0232. The van der Waals surface area contributed by atoms with Crippen LogP contribution in [-0.2, 0) is 6.54 Å². The Morgan fingerprint density at radius 1 is 1.27 bits per heavy atom. The van der Waals surface area contributed by atoms with Crippen molar-refractivity contribution in [3.8, 4) is 5.75 Å². The van der Waals surface area contributed by atoms with Crippen LogP contribution in [0.3, 0.4) is 0 Å². The van der Waals surface area contributed by atoms with Crippen molar-refractivity contribution in [1.29, 1.82) is 0 Å². The van der Waals surface area contributed by atoms with Crippen molar-refractivity contribution in [2.24, 2.45) is 0 Å². The summed E-state index contributed by atoms with van der Waals surface area (Å²) < 4.78 is 9.15. The highest BCUT2D eigenvalue weighted by atomic mass is 32.1. The van der Waals surface area contributed by atoms with Gasteiger partial charge in [-0.1, -0.05) is 31.0 Å². The average Bonchev–Trinajstić information content (AvgIpc) is 3.36. The van der Waals surface area contributed by atoms with E-state index >= 15 is 0 Å². The molecule has 0 aliphatic heterocycles. The lowest BCUT2D eigenvalue weighted by molar-refractivity contribution is 0.0955. The van der Waals surface area contributed by atoms with Gasteiger partial charge in [-0.05, 0) is 31.9 Å². The summed E-state index contributed by atoms with van der Waals surface area (Å²) in [4.78, 5) is 13.3. The van der Waals surface area contributed by atoms with Crippen LogP contribution in [0.5, 0.6) is 5.75 Å². The van der Waals surface area contributed by atoms with Crippen LogP contribution in [0.1, 0.15) is 53.9 Å². The normalized spacial score (nSPS) is 14.8. The van der Waals surface area contributed by atoms with E-state index in [2.05, 4.69) is 22.3 Å². The van der Waals surface area contributed by atoms with Gasteiger partial charge in [-0.2, -0.15) is 0 Å². The predicted octanol–water partition coefficient (Wildman–Crippen LogP) is 5.15. The number of fused-ring (bicyclic) bond motifs is 1. The SMILES string of the molecule is CCOc1ccccc1CNC(=O)c1cc2cn(C3CCCC3)cc2s1. The van der Waals surface area contributed by atoms with Gasteiger partial charge in [0.15, 0.2) is 0 Å². The standard InChI is InChI=1S/C21H24N2O2S/c1-2-25-18-10-6-3-7-15(18)12-22-21(24)19-11-16-13-23(14-20(16)26-19)17-8-4-5-9-17/h3,6-7,10-11,13-14,17H,2,4-5,8-9,12H2,1H3,(H,22,24). The van der Waals surface area contributed by atoms with Crippen molar-refractivity contribution in [2.75, 3.05) is 6.61 Å². The number of carbonyl (C=O) groups is 1. The first kappa shape index (κ1) is 17.2. The number of aromatic nitrogens is 1. The molecule has 1 aliphatic carbocycles. The fourth-order valence-corrected chi connectivity index (χ4v) is 4.68. The third kappa shape index (κ3) is 3.49. The molecule has 0 spiro atoms.